The van der Waals surface area contributed by atoms with E-state index < -0.39 is 178 Å². The van der Waals surface area contributed by atoms with Crippen molar-refractivity contribution in [2.24, 2.45) is 0 Å². The average molecular weight is 967 g/mol. The van der Waals surface area contributed by atoms with E-state index in [9.17, 15) is 52.7 Å². The van der Waals surface area contributed by atoms with E-state index in [2.05, 4.69) is 0 Å². The van der Waals surface area contributed by atoms with Gasteiger partial charge in [-0.05, 0) is 0 Å². The Kier molecular flexibility index (Phi) is 20.3. The van der Waals surface area contributed by atoms with Crippen molar-refractivity contribution in [1.29, 1.82) is 0 Å². The van der Waals surface area contributed by atoms with E-state index in [4.69, 9.17) is 75.8 Å². The second-order valence-corrected chi connectivity index (χ2v) is 14.9. The summed E-state index contributed by atoms with van der Waals surface area (Å²) >= 11 is 0. The lowest BCUT2D eigenvalue weighted by Gasteiger charge is -2.47. The molecule has 0 aromatic heterocycles. The van der Waals surface area contributed by atoms with Crippen LogP contribution < -0.4 is 0 Å². The smallest absolute Gasteiger partial charge is 0.303 e. The number of ether oxygens (including phenoxy) is 16. The van der Waals surface area contributed by atoms with Crippen molar-refractivity contribution in [3.05, 3.63) is 0 Å². The zero-order chi connectivity index (χ0) is 50.5. The lowest BCUT2D eigenvalue weighted by atomic mass is 9.97. The van der Waals surface area contributed by atoms with Crippen molar-refractivity contribution in [1.82, 2.24) is 0 Å². The minimum absolute atomic E-state index is 0.650. The van der Waals surface area contributed by atoms with Crippen molar-refractivity contribution in [3.63, 3.8) is 0 Å². The molecule has 14 atom stereocenters. The van der Waals surface area contributed by atoms with Crippen molar-refractivity contribution in [2.45, 2.75) is 162 Å². The van der Waals surface area contributed by atoms with Crippen LogP contribution in [0.15, 0.2) is 0 Å². The lowest BCUT2D eigenvalue weighted by molar-refractivity contribution is -0.388. The Morgan fingerprint density at radius 1 is 0.358 bits per heavy atom. The molecule has 0 N–H and O–H groups in total. The van der Waals surface area contributed by atoms with Gasteiger partial charge in [-0.1, -0.05) is 0 Å². The molecule has 0 unspecified atom stereocenters. The first kappa shape index (κ1) is 55.3. The average Bonchev–Trinajstić information content (AvgIpc) is 3.44. The molecule has 0 saturated carbocycles. The van der Waals surface area contributed by atoms with Gasteiger partial charge in [0.2, 0.25) is 12.1 Å². The molecule has 0 bridgehead atoms. The molecule has 0 amide bonds. The normalized spacial score (nSPS) is 31.1. The zero-order valence-corrected chi connectivity index (χ0v) is 38.4. The van der Waals surface area contributed by atoms with E-state index in [1.54, 1.807) is 0 Å². The molecule has 3 aliphatic rings. The lowest BCUT2D eigenvalue weighted by Crippen LogP contribution is -2.66. The Hall–Kier alpha value is -6.03. The Morgan fingerprint density at radius 3 is 1.12 bits per heavy atom. The summed E-state index contributed by atoms with van der Waals surface area (Å²) in [5, 5.41) is 0. The van der Waals surface area contributed by atoms with E-state index in [1.165, 1.54) is 0 Å². The Morgan fingerprint density at radius 2 is 0.701 bits per heavy atom. The molecule has 0 aromatic rings. The number of carbonyl (C=O) groups is 11. The van der Waals surface area contributed by atoms with Gasteiger partial charge in [0.15, 0.2) is 55.1 Å². The molecule has 27 heteroatoms. The molecule has 0 aromatic carbocycles. The highest BCUT2D eigenvalue weighted by atomic mass is 16.8. The van der Waals surface area contributed by atoms with Gasteiger partial charge in [0.05, 0.1) is 6.61 Å². The molecule has 67 heavy (non-hydrogen) atoms. The van der Waals surface area contributed by atoms with Gasteiger partial charge in [-0.2, -0.15) is 0 Å². The fraction of sp³-hybridized carbons (Fsp3) is 0.725. The van der Waals surface area contributed by atoms with E-state index in [0.29, 0.717) is 0 Å². The van der Waals surface area contributed by atoms with E-state index in [0.717, 1.165) is 76.2 Å². The van der Waals surface area contributed by atoms with Crippen LogP contribution in [0, 0.1) is 0 Å². The van der Waals surface area contributed by atoms with Gasteiger partial charge in [-0.15, -0.1) is 0 Å². The van der Waals surface area contributed by atoms with Crippen LogP contribution in [0.1, 0.15) is 76.2 Å². The van der Waals surface area contributed by atoms with Crippen molar-refractivity contribution in [2.75, 3.05) is 26.4 Å². The van der Waals surface area contributed by atoms with Gasteiger partial charge in [0.1, 0.15) is 38.1 Å². The van der Waals surface area contributed by atoms with Crippen molar-refractivity contribution >= 4 is 65.7 Å². The molecule has 3 fully saturated rings. The summed E-state index contributed by atoms with van der Waals surface area (Å²) in [5.41, 5.74) is 0. The van der Waals surface area contributed by atoms with Crippen LogP contribution in [0.4, 0.5) is 0 Å². The van der Waals surface area contributed by atoms with Crippen LogP contribution in [0.3, 0.4) is 0 Å². The van der Waals surface area contributed by atoms with Crippen molar-refractivity contribution < 1.29 is 129 Å². The molecule has 376 valence electrons. The standard InChI is InChI=1S/C40H54O27/c1-16(41)52-12-27-30(56-19(4)44)33(59-22(7)47)35(61-24(9)49)38(64-27)54-13-28-31(57-20(5)45)34(60-23(8)48)36(62-25(10)50)39(65-28)67-40(15-55-18(3)43)37(63-26(11)51)32(58-21(6)46)29(66-40)14-53-17(2)42/h27-39H,12-15H2,1-11H3/t27-,28-,29-,30-,31+,32-,33+,34+,35-,36-,37-,38-,39+,40-/m0/s1. The predicted molar refractivity (Wildman–Crippen MR) is 206 cm³/mol. The summed E-state index contributed by atoms with van der Waals surface area (Å²) in [6.07, 6.45) is -23.3. The quantitative estimate of drug-likeness (QED) is 0.107. The first-order valence-corrected chi connectivity index (χ1v) is 20.3. The summed E-state index contributed by atoms with van der Waals surface area (Å²) in [6.45, 7) is 7.51. The minimum atomic E-state index is -2.66. The van der Waals surface area contributed by atoms with Crippen molar-refractivity contribution in [3.8, 4) is 0 Å². The van der Waals surface area contributed by atoms with Crippen LogP contribution in [-0.4, -0.2) is 178 Å². The largest absolute Gasteiger partial charge is 0.463 e. The van der Waals surface area contributed by atoms with E-state index in [1.807, 2.05) is 0 Å². The van der Waals surface area contributed by atoms with Crippen LogP contribution in [0.5, 0.6) is 0 Å². The molecule has 0 spiro atoms. The fourth-order valence-corrected chi connectivity index (χ4v) is 7.07. The van der Waals surface area contributed by atoms with Crippen LogP contribution in [-0.2, 0) is 129 Å². The van der Waals surface area contributed by atoms with Gasteiger partial charge < -0.3 is 75.8 Å². The van der Waals surface area contributed by atoms with Crippen LogP contribution >= 0.6 is 0 Å². The molecule has 0 radical (unpaired) electrons. The molecule has 0 aliphatic carbocycles. The number of hydrogen-bond acceptors (Lipinski definition) is 27. The molecule has 3 saturated heterocycles. The number of esters is 11. The Bertz CT molecular complexity index is 1860. The summed E-state index contributed by atoms with van der Waals surface area (Å²) in [5.74, 6) is -13.3. The summed E-state index contributed by atoms with van der Waals surface area (Å²) in [6, 6.07) is 0. The minimum Gasteiger partial charge on any atom is -0.463 e. The van der Waals surface area contributed by atoms with Gasteiger partial charge in [0, 0.05) is 76.2 Å². The van der Waals surface area contributed by atoms with Gasteiger partial charge in [-0.3, -0.25) is 52.7 Å². The molecule has 3 aliphatic heterocycles. The Balaban J connectivity index is 2.28. The summed E-state index contributed by atoms with van der Waals surface area (Å²) in [7, 11) is 0. The second kappa shape index (κ2) is 24.7. The van der Waals surface area contributed by atoms with Crippen LogP contribution in [0.25, 0.3) is 0 Å². The molecule has 27 nitrogen and oxygen atoms in total. The maximum Gasteiger partial charge on any atom is 0.303 e. The highest BCUT2D eigenvalue weighted by Gasteiger charge is 2.65. The van der Waals surface area contributed by atoms with Gasteiger partial charge in [0.25, 0.3) is 0 Å². The maximum atomic E-state index is 12.8. The highest BCUT2D eigenvalue weighted by Crippen LogP contribution is 2.42. The second-order valence-electron chi connectivity index (χ2n) is 14.9. The van der Waals surface area contributed by atoms with Gasteiger partial charge >= 0.3 is 65.7 Å². The first-order valence-electron chi connectivity index (χ1n) is 20.3. The monoisotopic (exact) mass is 966 g/mol. The SMILES string of the molecule is CC(=O)OC[C@@H]1O[C@H](OC[C@@H]2O[C@H](O[C@]3(COC(C)=O)O[C@@H](COC(C)=O)[C@H](OC(C)=O)[C@@H]3OC(C)=O)[C@@H](OC(C)=O)[C@H](OC(C)=O)[C@@H]2OC(C)=O)[C@@H](OC(C)=O)[C@H](OC(C)=O)[C@H]1OC(C)=O. The fourth-order valence-electron chi connectivity index (χ4n) is 7.07. The Labute approximate surface area is 382 Å². The molecule has 3 heterocycles. The third-order valence-electron chi connectivity index (χ3n) is 9.16. The van der Waals surface area contributed by atoms with E-state index in [-0.39, 0.29) is 0 Å². The zero-order valence-electron chi connectivity index (χ0n) is 38.4. The van der Waals surface area contributed by atoms with Gasteiger partial charge in [-0.25, -0.2) is 0 Å². The third-order valence-corrected chi connectivity index (χ3v) is 9.16. The first-order chi connectivity index (χ1) is 31.2. The molecule has 3 rings (SSSR count). The maximum absolute atomic E-state index is 12.8. The predicted octanol–water partition coefficient (Wildman–Crippen LogP) is -1.29. The number of rotatable bonds is 19. The number of carbonyl (C=O) groups excluding carboxylic acids is 11. The van der Waals surface area contributed by atoms with Crippen LogP contribution in [0.2, 0.25) is 0 Å². The van der Waals surface area contributed by atoms with E-state index >= 15 is 0 Å². The summed E-state index contributed by atoms with van der Waals surface area (Å²) in [4.78, 5) is 137. The molecular formula is C40H54O27. The topological polar surface area (TPSA) is 335 Å². The third kappa shape index (κ3) is 16.4. The summed E-state index contributed by atoms with van der Waals surface area (Å²) < 4.78 is 90.3. The highest BCUT2D eigenvalue weighted by molar-refractivity contribution is 5.71. The molecular weight excluding hydrogens is 912 g/mol. The number of hydrogen-bond donors (Lipinski definition) is 0.